The maximum absolute atomic E-state index is 11.6. The van der Waals surface area contributed by atoms with Gasteiger partial charge in [-0.05, 0) is 26.8 Å². The number of aliphatic hydroxyl groups is 2. The molecule has 0 aromatic carbocycles. The van der Waals surface area contributed by atoms with Crippen molar-refractivity contribution in [1.29, 1.82) is 0 Å². The molecule has 0 radical (unpaired) electrons. The van der Waals surface area contributed by atoms with Crippen LogP contribution in [0, 0.1) is 0 Å². The molecule has 17 heavy (non-hydrogen) atoms. The highest BCUT2D eigenvalue weighted by Gasteiger charge is 2.19. The molecule has 2 N–H and O–H groups in total. The highest BCUT2D eigenvalue weighted by Crippen LogP contribution is 2.14. The molecule has 0 saturated carbocycles. The molecule has 1 rings (SSSR count). The molecule has 5 heteroatoms. The number of pyridine rings is 1. The van der Waals surface area contributed by atoms with E-state index >= 15 is 0 Å². The highest BCUT2D eigenvalue weighted by atomic mass is 16.6. The van der Waals surface area contributed by atoms with E-state index in [0.717, 1.165) is 0 Å². The molecule has 0 aliphatic carbocycles. The molecule has 0 aliphatic rings. The van der Waals surface area contributed by atoms with Crippen LogP contribution in [0.4, 0.5) is 0 Å². The molecular weight excluding hydrogens is 222 g/mol. The van der Waals surface area contributed by atoms with Crippen LogP contribution in [0.2, 0.25) is 0 Å². The molecule has 0 spiro atoms. The van der Waals surface area contributed by atoms with E-state index in [4.69, 9.17) is 9.84 Å². The van der Waals surface area contributed by atoms with Crippen molar-refractivity contribution in [3.63, 3.8) is 0 Å². The van der Waals surface area contributed by atoms with Crippen molar-refractivity contribution >= 4 is 5.97 Å². The number of carbonyl (C=O) groups is 1. The van der Waals surface area contributed by atoms with Gasteiger partial charge < -0.3 is 14.9 Å². The Balaban J connectivity index is 2.77. The second kappa shape index (κ2) is 5.25. The van der Waals surface area contributed by atoms with E-state index in [1.165, 1.54) is 18.3 Å². The third-order valence-corrected chi connectivity index (χ3v) is 1.95. The summed E-state index contributed by atoms with van der Waals surface area (Å²) in [7, 11) is 0. The molecule has 0 fully saturated rings. The van der Waals surface area contributed by atoms with Crippen molar-refractivity contribution in [1.82, 2.24) is 4.98 Å². The zero-order valence-corrected chi connectivity index (χ0v) is 10.2. The first-order chi connectivity index (χ1) is 7.83. The Labute approximate surface area is 100 Å². The molecule has 5 nitrogen and oxygen atoms in total. The number of aliphatic hydroxyl groups excluding tert-OH is 2. The van der Waals surface area contributed by atoms with Gasteiger partial charge in [0, 0.05) is 11.8 Å². The van der Waals surface area contributed by atoms with E-state index < -0.39 is 17.7 Å². The number of nitrogens with zero attached hydrogens (tertiary/aromatic N) is 1. The Morgan fingerprint density at radius 3 is 2.53 bits per heavy atom. The van der Waals surface area contributed by atoms with Crippen LogP contribution in [-0.4, -0.2) is 33.4 Å². The third kappa shape index (κ3) is 4.13. The number of carbonyl (C=O) groups excluding carboxylic acids is 1. The molecule has 0 saturated heterocycles. The van der Waals surface area contributed by atoms with Gasteiger partial charge in [-0.2, -0.15) is 0 Å². The fourth-order valence-electron chi connectivity index (χ4n) is 1.16. The quantitative estimate of drug-likeness (QED) is 0.771. The van der Waals surface area contributed by atoms with Crippen LogP contribution in [0.5, 0.6) is 0 Å². The van der Waals surface area contributed by atoms with Crippen molar-refractivity contribution in [2.75, 3.05) is 6.61 Å². The SMILES string of the molecule is CC(C)(C)OC(=O)c1ccc(C(O)CO)cn1. The summed E-state index contributed by atoms with van der Waals surface area (Å²) in [6.45, 7) is 4.94. The molecule has 1 atom stereocenters. The first-order valence-electron chi connectivity index (χ1n) is 5.31. The Morgan fingerprint density at radius 1 is 1.47 bits per heavy atom. The lowest BCUT2D eigenvalue weighted by Gasteiger charge is -2.19. The van der Waals surface area contributed by atoms with Crippen molar-refractivity contribution in [2.24, 2.45) is 0 Å². The second-order valence-electron chi connectivity index (χ2n) is 4.68. The fraction of sp³-hybridized carbons (Fsp3) is 0.500. The summed E-state index contributed by atoms with van der Waals surface area (Å²) >= 11 is 0. The van der Waals surface area contributed by atoms with E-state index in [9.17, 15) is 9.90 Å². The molecule has 1 aromatic heterocycles. The molecule has 0 bridgehead atoms. The minimum Gasteiger partial charge on any atom is -0.455 e. The summed E-state index contributed by atoms with van der Waals surface area (Å²) in [4.78, 5) is 15.5. The summed E-state index contributed by atoms with van der Waals surface area (Å²) in [5.41, 5.74) is 0.0656. The van der Waals surface area contributed by atoms with Crippen LogP contribution in [0.15, 0.2) is 18.3 Å². The van der Waals surface area contributed by atoms with Gasteiger partial charge in [-0.25, -0.2) is 9.78 Å². The number of hydrogen-bond donors (Lipinski definition) is 2. The van der Waals surface area contributed by atoms with Crippen LogP contribution < -0.4 is 0 Å². The van der Waals surface area contributed by atoms with Gasteiger partial charge in [0.2, 0.25) is 0 Å². The second-order valence-corrected chi connectivity index (χ2v) is 4.68. The minimum absolute atomic E-state index is 0.175. The molecule has 1 heterocycles. The average Bonchev–Trinajstić information content (AvgIpc) is 2.26. The Kier molecular flexibility index (Phi) is 4.20. The van der Waals surface area contributed by atoms with Crippen molar-refractivity contribution in [3.8, 4) is 0 Å². The highest BCUT2D eigenvalue weighted by molar-refractivity contribution is 5.87. The van der Waals surface area contributed by atoms with Gasteiger partial charge in [0.1, 0.15) is 17.4 Å². The minimum atomic E-state index is -0.977. The van der Waals surface area contributed by atoms with Gasteiger partial charge in [-0.3, -0.25) is 0 Å². The largest absolute Gasteiger partial charge is 0.455 e. The van der Waals surface area contributed by atoms with Gasteiger partial charge in [0.15, 0.2) is 0 Å². The maximum atomic E-state index is 11.6. The summed E-state index contributed by atoms with van der Waals surface area (Å²) in [5, 5.41) is 18.1. The predicted molar refractivity (Wildman–Crippen MR) is 61.5 cm³/mol. The predicted octanol–water partition coefficient (Wildman–Crippen LogP) is 1.06. The zero-order chi connectivity index (χ0) is 13.1. The van der Waals surface area contributed by atoms with E-state index in [0.29, 0.717) is 5.56 Å². The smallest absolute Gasteiger partial charge is 0.357 e. The molecule has 94 valence electrons. The molecule has 0 aliphatic heterocycles. The van der Waals surface area contributed by atoms with Crippen LogP contribution in [0.25, 0.3) is 0 Å². The molecule has 1 aromatic rings. The van der Waals surface area contributed by atoms with E-state index in [2.05, 4.69) is 4.98 Å². The normalized spacial score (nSPS) is 13.2. The lowest BCUT2D eigenvalue weighted by Crippen LogP contribution is -2.24. The van der Waals surface area contributed by atoms with Crippen LogP contribution in [-0.2, 0) is 4.74 Å². The monoisotopic (exact) mass is 239 g/mol. The van der Waals surface area contributed by atoms with Gasteiger partial charge in [-0.1, -0.05) is 6.07 Å². The van der Waals surface area contributed by atoms with E-state index in [-0.39, 0.29) is 12.3 Å². The van der Waals surface area contributed by atoms with Crippen molar-refractivity contribution in [2.45, 2.75) is 32.5 Å². The average molecular weight is 239 g/mol. The van der Waals surface area contributed by atoms with E-state index in [1.807, 2.05) is 0 Å². The van der Waals surface area contributed by atoms with Gasteiger partial charge >= 0.3 is 5.97 Å². The summed E-state index contributed by atoms with van der Waals surface area (Å²) < 4.78 is 5.14. The van der Waals surface area contributed by atoms with Crippen LogP contribution in [0.3, 0.4) is 0 Å². The number of hydrogen-bond acceptors (Lipinski definition) is 5. The first kappa shape index (κ1) is 13.6. The van der Waals surface area contributed by atoms with Crippen molar-refractivity contribution < 1.29 is 19.7 Å². The topological polar surface area (TPSA) is 79.7 Å². The first-order valence-corrected chi connectivity index (χ1v) is 5.31. The number of esters is 1. The summed E-state index contributed by atoms with van der Waals surface area (Å²) in [6, 6.07) is 3.00. The Morgan fingerprint density at radius 2 is 2.12 bits per heavy atom. The van der Waals surface area contributed by atoms with E-state index in [1.54, 1.807) is 20.8 Å². The third-order valence-electron chi connectivity index (χ3n) is 1.95. The standard InChI is InChI=1S/C12H17NO4/c1-12(2,3)17-11(16)9-5-4-8(6-13-9)10(15)7-14/h4-6,10,14-15H,7H2,1-3H3. The summed E-state index contributed by atoms with van der Waals surface area (Å²) in [6.07, 6.45) is 0.371. The number of ether oxygens (including phenoxy) is 1. The fourth-order valence-corrected chi connectivity index (χ4v) is 1.16. The lowest BCUT2D eigenvalue weighted by molar-refractivity contribution is 0.00625. The molecular formula is C12H17NO4. The van der Waals surface area contributed by atoms with Gasteiger partial charge in [-0.15, -0.1) is 0 Å². The van der Waals surface area contributed by atoms with Crippen molar-refractivity contribution in [3.05, 3.63) is 29.6 Å². The maximum Gasteiger partial charge on any atom is 0.357 e. The summed E-state index contributed by atoms with van der Waals surface area (Å²) in [5.74, 6) is -0.512. The Bertz CT molecular complexity index is 380. The number of aromatic nitrogens is 1. The van der Waals surface area contributed by atoms with Crippen LogP contribution >= 0.6 is 0 Å². The lowest BCUT2D eigenvalue weighted by atomic mass is 10.1. The molecule has 1 unspecified atom stereocenters. The van der Waals surface area contributed by atoms with Gasteiger partial charge in [0.25, 0.3) is 0 Å². The Hall–Kier alpha value is -1.46. The van der Waals surface area contributed by atoms with Crippen LogP contribution in [0.1, 0.15) is 42.9 Å². The number of rotatable bonds is 3. The zero-order valence-electron chi connectivity index (χ0n) is 10.2. The molecule has 0 amide bonds. The van der Waals surface area contributed by atoms with Gasteiger partial charge in [0.05, 0.1) is 6.61 Å².